The van der Waals surface area contributed by atoms with E-state index in [1.165, 1.54) is 26.2 Å². The van der Waals surface area contributed by atoms with Crippen LogP contribution in [0.3, 0.4) is 0 Å². The fourth-order valence-electron chi connectivity index (χ4n) is 3.92. The first-order chi connectivity index (χ1) is 18.6. The predicted molar refractivity (Wildman–Crippen MR) is 141 cm³/mol. The molecule has 0 saturated carbocycles. The molecular formula is C28H23F4N5O2. The Morgan fingerprint density at radius 1 is 1.15 bits per heavy atom. The van der Waals surface area contributed by atoms with Crippen molar-refractivity contribution in [3.8, 4) is 28.3 Å². The number of fused-ring (bicyclic) bond motifs is 1. The molecule has 4 rings (SSSR count). The Hall–Kier alpha value is -4.80. The van der Waals surface area contributed by atoms with Crippen molar-refractivity contribution in [2.24, 2.45) is 4.99 Å². The molecule has 4 aromatic rings. The molecular weight excluding hydrogens is 514 g/mol. The first-order valence-electron chi connectivity index (χ1n) is 11.6. The first kappa shape index (κ1) is 27.2. The van der Waals surface area contributed by atoms with Gasteiger partial charge in [0.1, 0.15) is 11.5 Å². The molecule has 0 aliphatic rings. The topological polar surface area (TPSA) is 92.3 Å². The molecule has 0 unspecified atom stereocenters. The van der Waals surface area contributed by atoms with E-state index in [-0.39, 0.29) is 17.7 Å². The number of methoxy groups -OCH3 is 1. The number of H-pyrrole nitrogens is 1. The average molecular weight is 538 g/mol. The molecule has 0 radical (unpaired) electrons. The van der Waals surface area contributed by atoms with Crippen molar-refractivity contribution in [2.45, 2.75) is 19.5 Å². The number of aliphatic imine (C=N–C) groups is 1. The highest BCUT2D eigenvalue weighted by molar-refractivity contribution is 5.87. The molecule has 39 heavy (non-hydrogen) atoms. The molecule has 3 heterocycles. The van der Waals surface area contributed by atoms with E-state index in [4.69, 9.17) is 4.74 Å². The predicted octanol–water partition coefficient (Wildman–Crippen LogP) is 6.15. The summed E-state index contributed by atoms with van der Waals surface area (Å²) in [5.41, 5.74) is 2.33. The van der Waals surface area contributed by atoms with Crippen LogP contribution in [-0.2, 0) is 11.2 Å². The number of aromatic nitrogens is 3. The number of allylic oxidation sites excluding steroid dienone is 3. The van der Waals surface area contributed by atoms with E-state index in [0.717, 1.165) is 22.7 Å². The molecule has 0 bridgehead atoms. The second kappa shape index (κ2) is 11.3. The van der Waals surface area contributed by atoms with E-state index >= 15 is 4.39 Å². The molecule has 0 aliphatic carbocycles. The van der Waals surface area contributed by atoms with Crippen LogP contribution >= 0.6 is 0 Å². The summed E-state index contributed by atoms with van der Waals surface area (Å²) in [6.07, 6.45) is -0.416. The Bertz CT molecular complexity index is 1610. The monoisotopic (exact) mass is 537 g/mol. The van der Waals surface area contributed by atoms with Crippen LogP contribution in [0.1, 0.15) is 12.5 Å². The molecule has 0 saturated heterocycles. The highest BCUT2D eigenvalue weighted by Gasteiger charge is 2.32. The fraction of sp³-hybridized carbons (Fsp3) is 0.143. The van der Waals surface area contributed by atoms with Crippen molar-refractivity contribution >= 4 is 23.7 Å². The number of hydrogen-bond acceptors (Lipinski definition) is 5. The summed E-state index contributed by atoms with van der Waals surface area (Å²) < 4.78 is 59.2. The van der Waals surface area contributed by atoms with E-state index in [9.17, 15) is 18.0 Å². The van der Waals surface area contributed by atoms with E-state index < -0.39 is 23.5 Å². The van der Waals surface area contributed by atoms with Gasteiger partial charge >= 0.3 is 6.18 Å². The molecule has 200 valence electrons. The Morgan fingerprint density at radius 3 is 2.64 bits per heavy atom. The molecule has 11 heteroatoms. The molecule has 0 aliphatic heterocycles. The second-order valence-electron chi connectivity index (χ2n) is 8.56. The van der Waals surface area contributed by atoms with Crippen molar-refractivity contribution < 1.29 is 27.1 Å². The third-order valence-electron chi connectivity index (χ3n) is 5.70. The van der Waals surface area contributed by atoms with Crippen molar-refractivity contribution in [3.05, 3.63) is 89.8 Å². The highest BCUT2D eigenvalue weighted by Crippen LogP contribution is 2.30. The van der Waals surface area contributed by atoms with Gasteiger partial charge in [-0.05, 0) is 49.5 Å². The summed E-state index contributed by atoms with van der Waals surface area (Å²) in [5.74, 6) is -0.697. The minimum atomic E-state index is -4.65. The van der Waals surface area contributed by atoms with Gasteiger partial charge in [0, 0.05) is 58.1 Å². The van der Waals surface area contributed by atoms with Crippen LogP contribution in [0.25, 0.3) is 33.4 Å². The van der Waals surface area contributed by atoms with Crippen LogP contribution < -0.4 is 10.1 Å². The van der Waals surface area contributed by atoms with Crippen LogP contribution in [0.15, 0.2) is 83.4 Å². The second-order valence-corrected chi connectivity index (χ2v) is 8.56. The summed E-state index contributed by atoms with van der Waals surface area (Å²) in [5, 5.41) is 3.14. The normalized spacial score (nSPS) is 12.5. The minimum Gasteiger partial charge on any atom is -0.481 e. The van der Waals surface area contributed by atoms with Crippen LogP contribution in [0.2, 0.25) is 0 Å². The number of alkyl halides is 3. The Morgan fingerprint density at radius 2 is 1.95 bits per heavy atom. The van der Waals surface area contributed by atoms with Gasteiger partial charge in [0.15, 0.2) is 0 Å². The minimum absolute atomic E-state index is 0.0419. The van der Waals surface area contributed by atoms with Gasteiger partial charge in [0.25, 0.3) is 0 Å². The molecule has 1 aromatic carbocycles. The summed E-state index contributed by atoms with van der Waals surface area (Å²) in [7, 11) is 1.53. The van der Waals surface area contributed by atoms with Gasteiger partial charge in [0.2, 0.25) is 11.8 Å². The van der Waals surface area contributed by atoms with Gasteiger partial charge in [-0.25, -0.2) is 14.4 Å². The number of halogens is 4. The Balaban J connectivity index is 1.50. The van der Waals surface area contributed by atoms with Crippen molar-refractivity contribution in [2.75, 3.05) is 7.11 Å². The number of carbonyl (C=O) groups is 1. The standard InChI is InChI=1S/C28H23F4N5O2/c1-16(8-21(15-33-2)28(30,31)32)36-25(38)10-17-4-5-22(23(29)9-17)20-11-19-12-24(37-27(19)35-14-20)18-6-7-34-26(13-18)39-3/h4-9,11-15H,2,10H2,1,3H3,(H,35,37)(H,36,38)/b16-8+,21-15+. The van der Waals surface area contributed by atoms with Gasteiger partial charge < -0.3 is 15.0 Å². The van der Waals surface area contributed by atoms with Gasteiger partial charge in [-0.2, -0.15) is 13.2 Å². The lowest BCUT2D eigenvalue weighted by Gasteiger charge is -2.10. The number of ether oxygens (including phenoxy) is 1. The van der Waals surface area contributed by atoms with Gasteiger partial charge in [-0.1, -0.05) is 12.1 Å². The SMILES string of the molecule is C=N/C=C(\C=C(/C)NC(=O)Cc1ccc(-c2cnc3[nH]c(-c4ccnc(OC)c4)cc3c2)c(F)c1)C(F)(F)F. The zero-order valence-corrected chi connectivity index (χ0v) is 20.9. The van der Waals surface area contributed by atoms with Gasteiger partial charge in [-0.15, -0.1) is 0 Å². The maximum atomic E-state index is 15.0. The Labute approximate surface area is 221 Å². The third kappa shape index (κ3) is 6.56. The smallest absolute Gasteiger partial charge is 0.417 e. The lowest BCUT2D eigenvalue weighted by molar-refractivity contribution is -0.119. The summed E-state index contributed by atoms with van der Waals surface area (Å²) in [6.45, 7) is 4.33. The van der Waals surface area contributed by atoms with Crippen LogP contribution in [0, 0.1) is 5.82 Å². The van der Waals surface area contributed by atoms with Crippen LogP contribution in [0.4, 0.5) is 17.6 Å². The number of nitrogens with zero attached hydrogens (tertiary/aromatic N) is 3. The quantitative estimate of drug-likeness (QED) is 0.160. The fourth-order valence-corrected chi connectivity index (χ4v) is 3.92. The van der Waals surface area contributed by atoms with Crippen LogP contribution in [0.5, 0.6) is 5.88 Å². The van der Waals surface area contributed by atoms with Crippen molar-refractivity contribution in [1.29, 1.82) is 0 Å². The van der Waals surface area contributed by atoms with E-state index in [0.29, 0.717) is 28.9 Å². The molecule has 0 atom stereocenters. The van der Waals surface area contributed by atoms with Gasteiger partial charge in [0.05, 0.1) is 19.1 Å². The molecule has 2 N–H and O–H groups in total. The van der Waals surface area contributed by atoms with Gasteiger partial charge in [-0.3, -0.25) is 9.79 Å². The highest BCUT2D eigenvalue weighted by atomic mass is 19.4. The lowest BCUT2D eigenvalue weighted by Crippen LogP contribution is -2.24. The van der Waals surface area contributed by atoms with Crippen LogP contribution in [-0.4, -0.2) is 40.9 Å². The zero-order chi connectivity index (χ0) is 28.2. The lowest BCUT2D eigenvalue weighted by atomic mass is 10.0. The van der Waals surface area contributed by atoms with Crippen molar-refractivity contribution in [3.63, 3.8) is 0 Å². The van der Waals surface area contributed by atoms with E-state index in [1.54, 1.807) is 30.6 Å². The number of carbonyl (C=O) groups excluding carboxylic acids is 1. The summed E-state index contributed by atoms with van der Waals surface area (Å²) in [6, 6.07) is 11.6. The number of nitrogens with one attached hydrogen (secondary N) is 2. The molecule has 0 spiro atoms. The summed E-state index contributed by atoms with van der Waals surface area (Å²) >= 11 is 0. The first-order valence-corrected chi connectivity index (χ1v) is 11.6. The Kier molecular flexibility index (Phi) is 7.89. The largest absolute Gasteiger partial charge is 0.481 e. The number of pyridine rings is 2. The molecule has 0 fully saturated rings. The molecule has 1 amide bonds. The third-order valence-corrected chi connectivity index (χ3v) is 5.70. The maximum absolute atomic E-state index is 15.0. The number of amides is 1. The molecule has 3 aromatic heterocycles. The number of aromatic amines is 1. The number of hydrogen-bond donors (Lipinski definition) is 2. The van der Waals surface area contributed by atoms with E-state index in [1.807, 2.05) is 12.1 Å². The van der Waals surface area contributed by atoms with Crippen molar-refractivity contribution in [1.82, 2.24) is 20.3 Å². The van der Waals surface area contributed by atoms with E-state index in [2.05, 4.69) is 32.0 Å². The zero-order valence-electron chi connectivity index (χ0n) is 20.9. The number of rotatable bonds is 8. The average Bonchev–Trinajstić information content (AvgIpc) is 3.31. The number of benzene rings is 1. The summed E-state index contributed by atoms with van der Waals surface area (Å²) in [4.78, 5) is 27.2. The maximum Gasteiger partial charge on any atom is 0.417 e. The molecule has 7 nitrogen and oxygen atoms in total.